The summed E-state index contributed by atoms with van der Waals surface area (Å²) in [5.74, 6) is 0.346. The maximum Gasteiger partial charge on any atom is 0.253 e. The van der Waals surface area contributed by atoms with E-state index < -0.39 is 0 Å². The molecule has 3 rings (SSSR count). The van der Waals surface area contributed by atoms with Gasteiger partial charge in [0.1, 0.15) is 0 Å². The average Bonchev–Trinajstić information content (AvgIpc) is 2.78. The molecule has 1 amide bonds. The van der Waals surface area contributed by atoms with Crippen molar-refractivity contribution >= 4 is 29.3 Å². The Kier molecular flexibility index (Phi) is 8.22. The van der Waals surface area contributed by atoms with Crippen molar-refractivity contribution in [2.24, 2.45) is 0 Å². The molecule has 1 atom stereocenters. The lowest BCUT2D eigenvalue weighted by Gasteiger charge is -2.19. The number of benzene rings is 3. The van der Waals surface area contributed by atoms with Crippen molar-refractivity contribution in [3.05, 3.63) is 94.0 Å². The van der Waals surface area contributed by atoms with Gasteiger partial charge in [-0.05, 0) is 66.4 Å². The summed E-state index contributed by atoms with van der Waals surface area (Å²) < 4.78 is 0. The zero-order chi connectivity index (χ0) is 22.4. The van der Waals surface area contributed by atoms with Gasteiger partial charge in [-0.25, -0.2) is 0 Å². The monoisotopic (exact) mass is 451 g/mol. The molecule has 0 saturated carbocycles. The number of nitrogens with zero attached hydrogens (tertiary/aromatic N) is 1. The number of hydrogen-bond acceptors (Lipinski definition) is 2. The molecular formula is C27H30ClNOS. The maximum absolute atomic E-state index is 12.7. The number of amides is 1. The van der Waals surface area contributed by atoms with E-state index >= 15 is 0 Å². The van der Waals surface area contributed by atoms with Crippen LogP contribution in [0.25, 0.3) is 0 Å². The van der Waals surface area contributed by atoms with Crippen molar-refractivity contribution in [2.75, 3.05) is 13.6 Å². The minimum atomic E-state index is 0.0878. The zero-order valence-electron chi connectivity index (χ0n) is 18.7. The van der Waals surface area contributed by atoms with Crippen LogP contribution >= 0.6 is 23.4 Å². The molecule has 0 radical (unpaired) electrons. The van der Waals surface area contributed by atoms with Crippen LogP contribution in [0.15, 0.2) is 76.5 Å². The molecule has 3 aromatic carbocycles. The SMILES string of the molecule is CCCCN(C)C(=O)c1ccc(Sc2ccccc2C(C)c2ccc(Cl)cc2)c(C)c1. The summed E-state index contributed by atoms with van der Waals surface area (Å²) in [7, 11) is 1.88. The van der Waals surface area contributed by atoms with Crippen molar-refractivity contribution in [3.63, 3.8) is 0 Å². The summed E-state index contributed by atoms with van der Waals surface area (Å²) in [6.45, 7) is 7.24. The van der Waals surface area contributed by atoms with Gasteiger partial charge in [-0.15, -0.1) is 0 Å². The molecule has 0 saturated heterocycles. The predicted molar refractivity (Wildman–Crippen MR) is 133 cm³/mol. The number of aryl methyl sites for hydroxylation is 1. The third kappa shape index (κ3) is 5.93. The fraction of sp³-hybridized carbons (Fsp3) is 0.296. The van der Waals surface area contributed by atoms with Gasteiger partial charge in [-0.1, -0.05) is 74.0 Å². The van der Waals surface area contributed by atoms with Gasteiger partial charge in [0.2, 0.25) is 0 Å². The quantitative estimate of drug-likeness (QED) is 0.347. The van der Waals surface area contributed by atoms with Crippen LogP contribution < -0.4 is 0 Å². The van der Waals surface area contributed by atoms with Crippen molar-refractivity contribution in [1.82, 2.24) is 4.90 Å². The molecule has 0 bridgehead atoms. The van der Waals surface area contributed by atoms with Crippen LogP contribution in [0.1, 0.15) is 59.7 Å². The topological polar surface area (TPSA) is 20.3 Å². The Morgan fingerprint density at radius 2 is 1.74 bits per heavy atom. The van der Waals surface area contributed by atoms with E-state index in [4.69, 9.17) is 11.6 Å². The van der Waals surface area contributed by atoms with Crippen LogP contribution in [-0.2, 0) is 0 Å². The van der Waals surface area contributed by atoms with E-state index in [1.54, 1.807) is 11.8 Å². The molecule has 0 fully saturated rings. The highest BCUT2D eigenvalue weighted by Gasteiger charge is 2.16. The van der Waals surface area contributed by atoms with Gasteiger partial charge in [0.05, 0.1) is 0 Å². The second-order valence-corrected chi connectivity index (χ2v) is 9.49. The van der Waals surface area contributed by atoms with Gasteiger partial charge in [-0.3, -0.25) is 4.79 Å². The lowest BCUT2D eigenvalue weighted by Crippen LogP contribution is -2.27. The first-order chi connectivity index (χ1) is 14.9. The van der Waals surface area contributed by atoms with Gasteiger partial charge >= 0.3 is 0 Å². The maximum atomic E-state index is 12.7. The van der Waals surface area contributed by atoms with Crippen LogP contribution in [0.2, 0.25) is 5.02 Å². The van der Waals surface area contributed by atoms with Crippen molar-refractivity contribution in [3.8, 4) is 0 Å². The zero-order valence-corrected chi connectivity index (χ0v) is 20.3. The summed E-state index contributed by atoms with van der Waals surface area (Å²) in [5.41, 5.74) is 4.40. The van der Waals surface area contributed by atoms with E-state index in [9.17, 15) is 4.79 Å². The van der Waals surface area contributed by atoms with E-state index in [2.05, 4.69) is 63.2 Å². The van der Waals surface area contributed by atoms with Crippen molar-refractivity contribution < 1.29 is 4.79 Å². The highest BCUT2D eigenvalue weighted by molar-refractivity contribution is 7.99. The van der Waals surface area contributed by atoms with Crippen LogP contribution in [0.3, 0.4) is 0 Å². The first-order valence-electron chi connectivity index (χ1n) is 10.8. The predicted octanol–water partition coefficient (Wildman–Crippen LogP) is 7.82. The second-order valence-electron chi connectivity index (χ2n) is 7.97. The Hall–Kier alpha value is -2.23. The highest BCUT2D eigenvalue weighted by Crippen LogP contribution is 2.38. The van der Waals surface area contributed by atoms with Crippen LogP contribution in [-0.4, -0.2) is 24.4 Å². The Morgan fingerprint density at radius 3 is 2.42 bits per heavy atom. The number of carbonyl (C=O) groups is 1. The molecule has 0 aliphatic heterocycles. The lowest BCUT2D eigenvalue weighted by molar-refractivity contribution is 0.0793. The normalized spacial score (nSPS) is 11.9. The summed E-state index contributed by atoms with van der Waals surface area (Å²) in [5, 5.41) is 0.754. The molecule has 0 aromatic heterocycles. The largest absolute Gasteiger partial charge is 0.342 e. The Morgan fingerprint density at radius 1 is 1.03 bits per heavy atom. The molecule has 3 aromatic rings. The van der Waals surface area contributed by atoms with Gasteiger partial charge < -0.3 is 4.90 Å². The van der Waals surface area contributed by atoms with Crippen molar-refractivity contribution in [2.45, 2.75) is 49.3 Å². The van der Waals surface area contributed by atoms with E-state index in [0.717, 1.165) is 35.5 Å². The molecule has 0 N–H and O–H groups in total. The van der Waals surface area contributed by atoms with Crippen LogP contribution in [0.4, 0.5) is 0 Å². The van der Waals surface area contributed by atoms with E-state index in [-0.39, 0.29) is 11.8 Å². The molecule has 0 spiro atoms. The Bertz CT molecular complexity index is 1030. The Labute approximate surface area is 195 Å². The molecule has 31 heavy (non-hydrogen) atoms. The van der Waals surface area contributed by atoms with Crippen LogP contribution in [0, 0.1) is 6.92 Å². The number of halogens is 1. The van der Waals surface area contributed by atoms with Crippen molar-refractivity contribution in [1.29, 1.82) is 0 Å². The fourth-order valence-corrected chi connectivity index (χ4v) is 4.82. The molecule has 1 unspecified atom stereocenters. The van der Waals surface area contributed by atoms with E-state index in [1.807, 2.05) is 36.2 Å². The summed E-state index contributed by atoms with van der Waals surface area (Å²) in [6, 6.07) is 22.6. The van der Waals surface area contributed by atoms with E-state index in [1.165, 1.54) is 20.9 Å². The average molecular weight is 452 g/mol. The van der Waals surface area contributed by atoms with Gasteiger partial charge in [0.25, 0.3) is 5.91 Å². The molecular weight excluding hydrogens is 422 g/mol. The fourth-order valence-electron chi connectivity index (χ4n) is 3.59. The standard InChI is InChI=1S/C27H30ClNOS/c1-5-6-17-29(4)27(30)22-13-16-25(19(2)18-22)31-26-10-8-7-9-24(26)20(3)21-11-14-23(28)15-12-21/h7-16,18,20H,5-6,17H2,1-4H3. The highest BCUT2D eigenvalue weighted by atomic mass is 35.5. The number of hydrogen-bond donors (Lipinski definition) is 0. The molecule has 0 aliphatic carbocycles. The third-order valence-electron chi connectivity index (χ3n) is 5.59. The summed E-state index contributed by atoms with van der Waals surface area (Å²) in [6.07, 6.45) is 2.11. The third-order valence-corrected chi connectivity index (χ3v) is 7.11. The first-order valence-corrected chi connectivity index (χ1v) is 12.0. The molecule has 2 nitrogen and oxygen atoms in total. The smallest absolute Gasteiger partial charge is 0.253 e. The minimum Gasteiger partial charge on any atom is -0.342 e. The van der Waals surface area contributed by atoms with Gasteiger partial charge in [-0.2, -0.15) is 0 Å². The summed E-state index contributed by atoms with van der Waals surface area (Å²) in [4.78, 5) is 16.9. The lowest BCUT2D eigenvalue weighted by atomic mass is 9.93. The number of unbranched alkanes of at least 4 members (excludes halogenated alkanes) is 1. The van der Waals surface area contributed by atoms with Crippen LogP contribution in [0.5, 0.6) is 0 Å². The first kappa shape index (κ1) is 23.4. The number of carbonyl (C=O) groups excluding carboxylic acids is 1. The minimum absolute atomic E-state index is 0.0878. The number of rotatable bonds is 8. The Balaban J connectivity index is 1.82. The molecule has 162 valence electrons. The second kappa shape index (κ2) is 10.9. The molecule has 0 heterocycles. The molecule has 0 aliphatic rings. The molecule has 4 heteroatoms. The van der Waals surface area contributed by atoms with Gasteiger partial charge in [0, 0.05) is 39.9 Å². The van der Waals surface area contributed by atoms with Gasteiger partial charge in [0.15, 0.2) is 0 Å². The van der Waals surface area contributed by atoms with E-state index in [0.29, 0.717) is 0 Å². The summed E-state index contributed by atoms with van der Waals surface area (Å²) >= 11 is 7.83.